The topological polar surface area (TPSA) is 85.4 Å². The smallest absolute Gasteiger partial charge is 0.256 e. The quantitative estimate of drug-likeness (QED) is 0.513. The highest BCUT2D eigenvalue weighted by Gasteiger charge is 2.03. The Morgan fingerprint density at radius 2 is 2.14 bits per heavy atom. The highest BCUT2D eigenvalue weighted by Crippen LogP contribution is 2.19. The first kappa shape index (κ1) is 15.1. The second kappa shape index (κ2) is 6.94. The van der Waals surface area contributed by atoms with Crippen molar-refractivity contribution in [3.63, 3.8) is 0 Å². The molecule has 0 saturated carbocycles. The second-order valence-corrected chi connectivity index (χ2v) is 5.09. The Labute approximate surface area is 127 Å². The van der Waals surface area contributed by atoms with Crippen LogP contribution in [0.2, 0.25) is 0 Å². The van der Waals surface area contributed by atoms with Gasteiger partial charge in [0.15, 0.2) is 0 Å². The molecule has 0 bridgehead atoms. The van der Waals surface area contributed by atoms with Crippen LogP contribution in [-0.4, -0.2) is 29.3 Å². The van der Waals surface area contributed by atoms with Crippen LogP contribution >= 0.6 is 11.8 Å². The number of ether oxygens (including phenoxy) is 1. The number of thioether (sulfide) groups is 1. The molecule has 0 amide bonds. The van der Waals surface area contributed by atoms with E-state index in [0.717, 1.165) is 16.3 Å². The van der Waals surface area contributed by atoms with Gasteiger partial charge >= 0.3 is 0 Å². The molecule has 1 heterocycles. The van der Waals surface area contributed by atoms with E-state index in [2.05, 4.69) is 20.3 Å². The van der Waals surface area contributed by atoms with Crippen LogP contribution < -0.4 is 15.8 Å². The number of nitrogens with zero attached hydrogens (tertiary/aromatic N) is 3. The molecule has 110 valence electrons. The Bertz CT molecular complexity index is 660. The SMILES string of the molecule is COc1cc(C)nc(/N=C(\N)Nc2cccc(SC)c2)n1. The number of guanidine groups is 1. The van der Waals surface area contributed by atoms with Crippen LogP contribution in [0.25, 0.3) is 0 Å². The molecule has 3 N–H and O–H groups in total. The number of benzene rings is 1. The maximum Gasteiger partial charge on any atom is 0.256 e. The van der Waals surface area contributed by atoms with Crippen LogP contribution in [0, 0.1) is 6.92 Å². The number of rotatable bonds is 4. The number of aryl methyl sites for hydroxylation is 1. The Morgan fingerprint density at radius 1 is 1.33 bits per heavy atom. The number of aromatic nitrogens is 2. The summed E-state index contributed by atoms with van der Waals surface area (Å²) in [5, 5.41) is 3.02. The summed E-state index contributed by atoms with van der Waals surface area (Å²) in [6.07, 6.45) is 2.02. The molecule has 0 atom stereocenters. The number of nitrogens with one attached hydrogen (secondary N) is 1. The van der Waals surface area contributed by atoms with Crippen LogP contribution in [0.15, 0.2) is 40.2 Å². The molecule has 0 radical (unpaired) electrons. The van der Waals surface area contributed by atoms with E-state index in [-0.39, 0.29) is 11.9 Å². The molecule has 6 nitrogen and oxygen atoms in total. The average molecular weight is 303 g/mol. The summed E-state index contributed by atoms with van der Waals surface area (Å²) in [5.41, 5.74) is 7.51. The van der Waals surface area contributed by atoms with Gasteiger partial charge in [-0.25, -0.2) is 4.98 Å². The van der Waals surface area contributed by atoms with Crippen molar-refractivity contribution in [2.24, 2.45) is 10.7 Å². The highest BCUT2D eigenvalue weighted by atomic mass is 32.2. The van der Waals surface area contributed by atoms with Gasteiger partial charge in [-0.15, -0.1) is 11.8 Å². The van der Waals surface area contributed by atoms with Gasteiger partial charge in [-0.2, -0.15) is 9.98 Å². The number of aliphatic imine (C=N–C) groups is 1. The molecular weight excluding hydrogens is 286 g/mol. The van der Waals surface area contributed by atoms with Crippen LogP contribution in [0.3, 0.4) is 0 Å². The number of nitrogens with two attached hydrogens (primary N) is 1. The van der Waals surface area contributed by atoms with Crippen molar-refractivity contribution >= 4 is 29.4 Å². The first-order valence-electron chi connectivity index (χ1n) is 6.25. The normalized spacial score (nSPS) is 11.3. The summed E-state index contributed by atoms with van der Waals surface area (Å²) < 4.78 is 5.08. The number of hydrogen-bond acceptors (Lipinski definition) is 5. The Morgan fingerprint density at radius 3 is 2.86 bits per heavy atom. The Balaban J connectivity index is 2.18. The maximum absolute atomic E-state index is 5.88. The van der Waals surface area contributed by atoms with Crippen molar-refractivity contribution in [2.75, 3.05) is 18.7 Å². The second-order valence-electron chi connectivity index (χ2n) is 4.21. The van der Waals surface area contributed by atoms with E-state index in [9.17, 15) is 0 Å². The summed E-state index contributed by atoms with van der Waals surface area (Å²) in [4.78, 5) is 13.6. The fourth-order valence-corrected chi connectivity index (χ4v) is 2.12. The van der Waals surface area contributed by atoms with E-state index in [4.69, 9.17) is 10.5 Å². The van der Waals surface area contributed by atoms with Crippen LogP contribution in [-0.2, 0) is 0 Å². The zero-order valence-corrected chi connectivity index (χ0v) is 12.9. The largest absolute Gasteiger partial charge is 0.481 e. The van der Waals surface area contributed by atoms with Crippen molar-refractivity contribution < 1.29 is 4.74 Å². The lowest BCUT2D eigenvalue weighted by atomic mass is 10.3. The zero-order valence-electron chi connectivity index (χ0n) is 12.1. The minimum Gasteiger partial charge on any atom is -0.481 e. The van der Waals surface area contributed by atoms with Gasteiger partial charge in [0.2, 0.25) is 11.8 Å². The standard InChI is InChI=1S/C14H17N5OS/c1-9-7-12(20-2)18-14(16-9)19-13(15)17-10-5-4-6-11(8-10)21-3/h4-8H,1-3H3,(H3,15,16,17,18,19). The molecule has 21 heavy (non-hydrogen) atoms. The molecule has 1 aromatic carbocycles. The van der Waals surface area contributed by atoms with E-state index in [1.807, 2.05) is 37.4 Å². The predicted octanol–water partition coefficient (Wildman–Crippen LogP) is 2.57. The fraction of sp³-hybridized carbons (Fsp3) is 0.214. The van der Waals surface area contributed by atoms with E-state index < -0.39 is 0 Å². The molecule has 1 aromatic heterocycles. The third-order valence-corrected chi connectivity index (χ3v) is 3.32. The summed E-state index contributed by atoms with van der Waals surface area (Å²) in [6, 6.07) is 9.61. The van der Waals surface area contributed by atoms with Gasteiger partial charge in [0, 0.05) is 22.3 Å². The average Bonchev–Trinajstić information content (AvgIpc) is 2.46. The lowest BCUT2D eigenvalue weighted by molar-refractivity contribution is 0.397. The number of hydrogen-bond donors (Lipinski definition) is 2. The van der Waals surface area contributed by atoms with Crippen molar-refractivity contribution in [2.45, 2.75) is 11.8 Å². The molecule has 0 aliphatic rings. The minimum atomic E-state index is 0.223. The molecular formula is C14H17N5OS. The predicted molar refractivity (Wildman–Crippen MR) is 86.4 cm³/mol. The van der Waals surface area contributed by atoms with Gasteiger partial charge in [0.1, 0.15) is 0 Å². The molecule has 2 rings (SSSR count). The Kier molecular flexibility index (Phi) is 4.99. The molecule has 2 aromatic rings. The molecule has 0 spiro atoms. The van der Waals surface area contributed by atoms with Gasteiger partial charge < -0.3 is 15.8 Å². The first-order valence-corrected chi connectivity index (χ1v) is 7.48. The number of anilines is 1. The zero-order chi connectivity index (χ0) is 15.2. The minimum absolute atomic E-state index is 0.223. The van der Waals surface area contributed by atoms with Gasteiger partial charge in [-0.05, 0) is 31.4 Å². The van der Waals surface area contributed by atoms with Gasteiger partial charge in [-0.1, -0.05) is 6.07 Å². The first-order chi connectivity index (χ1) is 10.1. The van der Waals surface area contributed by atoms with Gasteiger partial charge in [0.25, 0.3) is 5.95 Å². The van der Waals surface area contributed by atoms with Crippen molar-refractivity contribution in [3.05, 3.63) is 36.0 Å². The van der Waals surface area contributed by atoms with Crippen LogP contribution in [0.5, 0.6) is 5.88 Å². The van der Waals surface area contributed by atoms with Crippen molar-refractivity contribution in [3.8, 4) is 5.88 Å². The highest BCUT2D eigenvalue weighted by molar-refractivity contribution is 7.98. The van der Waals surface area contributed by atoms with Crippen molar-refractivity contribution in [1.29, 1.82) is 0 Å². The summed E-state index contributed by atoms with van der Waals surface area (Å²) in [5.74, 6) is 0.942. The van der Waals surface area contributed by atoms with Gasteiger partial charge in [0.05, 0.1) is 7.11 Å². The molecule has 0 saturated heterocycles. The molecule has 7 heteroatoms. The molecule has 0 fully saturated rings. The Hall–Kier alpha value is -2.28. The van der Waals surface area contributed by atoms with Crippen molar-refractivity contribution in [1.82, 2.24) is 9.97 Å². The lowest BCUT2D eigenvalue weighted by Crippen LogP contribution is -2.22. The fourth-order valence-electron chi connectivity index (χ4n) is 1.66. The third-order valence-electron chi connectivity index (χ3n) is 2.59. The summed E-state index contributed by atoms with van der Waals surface area (Å²) in [6.45, 7) is 1.84. The third kappa shape index (κ3) is 4.35. The lowest BCUT2D eigenvalue weighted by Gasteiger charge is -2.07. The van der Waals surface area contributed by atoms with E-state index >= 15 is 0 Å². The molecule has 0 aliphatic carbocycles. The summed E-state index contributed by atoms with van der Waals surface area (Å²) in [7, 11) is 1.55. The van der Waals surface area contributed by atoms with Crippen LogP contribution in [0.1, 0.15) is 5.69 Å². The number of methoxy groups -OCH3 is 1. The monoisotopic (exact) mass is 303 g/mol. The molecule has 0 unspecified atom stereocenters. The van der Waals surface area contributed by atoms with Crippen LogP contribution in [0.4, 0.5) is 11.6 Å². The summed E-state index contributed by atoms with van der Waals surface area (Å²) >= 11 is 1.66. The van der Waals surface area contributed by atoms with Gasteiger partial charge in [-0.3, -0.25) is 0 Å². The molecule has 0 aliphatic heterocycles. The van der Waals surface area contributed by atoms with E-state index in [1.54, 1.807) is 24.9 Å². The van der Waals surface area contributed by atoms with E-state index in [0.29, 0.717) is 5.88 Å². The van der Waals surface area contributed by atoms with E-state index in [1.165, 1.54) is 0 Å². The maximum atomic E-state index is 5.88.